The number of aryl methyl sites for hydroxylation is 1. The third-order valence-electron chi connectivity index (χ3n) is 10.1. The standard InChI is InChI=1S/C36H41N12O2P/c1-45-22-23(21-40-45)26-20-29(32-24(9-19-50-32)31(26)46-15-17-48(18-16-46)47-13-4-5-14-47)42-36-43-34-25(8-10-39-34)35(44-36)41-28-7-6-27-30(38-12-11-37-27)33(28)51(2,3)49/h6-8,10-12,20-22H,4-5,9,13-19H2,1-3H3,(H3,39,41,42,43,44). The first-order chi connectivity index (χ1) is 24.8. The van der Waals surface area contributed by atoms with Gasteiger partial charge in [-0.3, -0.25) is 14.6 Å². The Hall–Kier alpha value is -5.04. The van der Waals surface area contributed by atoms with Crippen LogP contribution >= 0.6 is 7.14 Å². The van der Waals surface area contributed by atoms with Gasteiger partial charge in [-0.25, -0.2) is 10.0 Å². The number of fused-ring (bicyclic) bond motifs is 3. The fraction of sp³-hybridized carbons (Fsp3) is 0.361. The van der Waals surface area contributed by atoms with Crippen LogP contribution < -0.4 is 25.6 Å². The molecule has 0 aliphatic carbocycles. The van der Waals surface area contributed by atoms with Crippen molar-refractivity contribution in [2.75, 3.05) is 74.7 Å². The highest BCUT2D eigenvalue weighted by Gasteiger charge is 2.32. The lowest BCUT2D eigenvalue weighted by atomic mass is 9.97. The van der Waals surface area contributed by atoms with Gasteiger partial charge < -0.3 is 29.8 Å². The van der Waals surface area contributed by atoms with E-state index < -0.39 is 7.14 Å². The zero-order valence-electron chi connectivity index (χ0n) is 29.1. The fourth-order valence-corrected chi connectivity index (χ4v) is 9.18. The molecule has 2 aromatic carbocycles. The van der Waals surface area contributed by atoms with Crippen molar-refractivity contribution in [3.8, 4) is 16.9 Å². The van der Waals surface area contributed by atoms with Crippen LogP contribution in [0.25, 0.3) is 33.2 Å². The molecule has 0 spiro atoms. The van der Waals surface area contributed by atoms with Gasteiger partial charge >= 0.3 is 0 Å². The van der Waals surface area contributed by atoms with Crippen molar-refractivity contribution in [1.82, 2.24) is 44.7 Å². The first-order valence-electron chi connectivity index (χ1n) is 17.5. The summed E-state index contributed by atoms with van der Waals surface area (Å²) in [5.74, 6) is 1.80. The summed E-state index contributed by atoms with van der Waals surface area (Å²) in [5.41, 5.74) is 7.99. The first-order valence-corrected chi connectivity index (χ1v) is 20.2. The highest BCUT2D eigenvalue weighted by atomic mass is 31.2. The van der Waals surface area contributed by atoms with E-state index in [9.17, 15) is 4.57 Å². The van der Waals surface area contributed by atoms with Crippen LogP contribution in [0.5, 0.6) is 5.75 Å². The van der Waals surface area contributed by atoms with Crippen LogP contribution in [-0.4, -0.2) is 104 Å². The summed E-state index contributed by atoms with van der Waals surface area (Å²) >= 11 is 0. The summed E-state index contributed by atoms with van der Waals surface area (Å²) in [5, 5.41) is 18.1. The number of benzene rings is 2. The van der Waals surface area contributed by atoms with Crippen molar-refractivity contribution in [2.45, 2.75) is 19.3 Å². The molecule has 15 heteroatoms. The second-order valence-corrected chi connectivity index (χ2v) is 17.0. The predicted molar refractivity (Wildman–Crippen MR) is 202 cm³/mol. The molecule has 0 atom stereocenters. The molecule has 3 N–H and O–H groups in total. The van der Waals surface area contributed by atoms with E-state index >= 15 is 0 Å². The molecule has 0 radical (unpaired) electrons. The van der Waals surface area contributed by atoms with E-state index in [2.05, 4.69) is 57.9 Å². The summed E-state index contributed by atoms with van der Waals surface area (Å²) < 4.78 is 21.9. The Labute approximate surface area is 295 Å². The van der Waals surface area contributed by atoms with E-state index in [0.717, 1.165) is 73.6 Å². The Morgan fingerprint density at radius 2 is 1.73 bits per heavy atom. The zero-order chi connectivity index (χ0) is 34.7. The van der Waals surface area contributed by atoms with Gasteiger partial charge in [0.2, 0.25) is 5.95 Å². The number of hydrogen-bond donors (Lipinski definition) is 3. The summed E-state index contributed by atoms with van der Waals surface area (Å²) in [6, 6.07) is 7.86. The van der Waals surface area contributed by atoms with Crippen molar-refractivity contribution in [2.24, 2.45) is 7.05 Å². The fourth-order valence-electron chi connectivity index (χ4n) is 7.79. The molecule has 0 saturated carbocycles. The van der Waals surface area contributed by atoms with Crippen LogP contribution in [0.1, 0.15) is 18.4 Å². The number of nitrogens with one attached hydrogen (secondary N) is 3. The number of ether oxygens (including phenoxy) is 1. The van der Waals surface area contributed by atoms with Gasteiger partial charge in [0.15, 0.2) is 0 Å². The lowest BCUT2D eigenvalue weighted by Gasteiger charge is -2.41. The van der Waals surface area contributed by atoms with Crippen LogP contribution in [0.15, 0.2) is 55.2 Å². The number of aromatic nitrogens is 7. The van der Waals surface area contributed by atoms with Gasteiger partial charge in [0, 0.05) is 94.2 Å². The number of H-pyrrole nitrogens is 1. The molecule has 7 heterocycles. The number of anilines is 5. The molecular formula is C36H41N12O2P. The summed E-state index contributed by atoms with van der Waals surface area (Å²) in [4.78, 5) is 24.6. The quantitative estimate of drug-likeness (QED) is 0.181. The van der Waals surface area contributed by atoms with Gasteiger partial charge in [0.1, 0.15) is 29.9 Å². The largest absolute Gasteiger partial charge is 0.491 e. The molecular weight excluding hydrogens is 663 g/mol. The minimum absolute atomic E-state index is 0.396. The van der Waals surface area contributed by atoms with Crippen LogP contribution in [0.2, 0.25) is 0 Å². The Morgan fingerprint density at radius 1 is 0.922 bits per heavy atom. The molecule has 4 aromatic heterocycles. The van der Waals surface area contributed by atoms with Crippen LogP contribution in [0, 0.1) is 0 Å². The maximum atomic E-state index is 13.7. The topological polar surface area (TPSA) is 145 Å². The molecule has 6 aromatic rings. The molecule has 3 aliphatic heterocycles. The normalized spacial score (nSPS) is 17.0. The Bertz CT molecular complexity index is 2320. The number of aromatic amines is 1. The molecule has 14 nitrogen and oxygen atoms in total. The van der Waals surface area contributed by atoms with E-state index in [0.29, 0.717) is 46.0 Å². The maximum absolute atomic E-state index is 13.7. The van der Waals surface area contributed by atoms with E-state index in [1.54, 1.807) is 25.7 Å². The molecule has 2 fully saturated rings. The van der Waals surface area contributed by atoms with Crippen molar-refractivity contribution in [1.29, 1.82) is 0 Å². The van der Waals surface area contributed by atoms with Crippen LogP contribution in [0.3, 0.4) is 0 Å². The van der Waals surface area contributed by atoms with E-state index in [-0.39, 0.29) is 0 Å². The van der Waals surface area contributed by atoms with Gasteiger partial charge in [0.25, 0.3) is 0 Å². The van der Waals surface area contributed by atoms with Crippen molar-refractivity contribution in [3.05, 3.63) is 60.8 Å². The highest BCUT2D eigenvalue weighted by molar-refractivity contribution is 7.71. The van der Waals surface area contributed by atoms with Gasteiger partial charge in [-0.1, -0.05) is 0 Å². The molecule has 9 rings (SSSR count). The summed E-state index contributed by atoms with van der Waals surface area (Å²) in [6.07, 6.45) is 12.5. The highest BCUT2D eigenvalue weighted by Crippen LogP contribution is 2.48. The SMILES string of the molecule is Cn1cc(-c2cc(Nc3nc(Nc4ccc5nccnc5c4P(C)(C)=O)c4cc[nH]c4n3)c3c(c2N2CCN(N4CCCC4)CC2)CCO3)cn1. The zero-order valence-corrected chi connectivity index (χ0v) is 30.0. The van der Waals surface area contributed by atoms with E-state index in [4.69, 9.17) is 14.7 Å². The number of piperazine rings is 1. The number of hydrogen-bond acceptors (Lipinski definition) is 12. The monoisotopic (exact) mass is 704 g/mol. The summed E-state index contributed by atoms with van der Waals surface area (Å²) in [6.45, 7) is 10.3. The second kappa shape index (κ2) is 12.6. The molecule has 3 aliphatic rings. The van der Waals surface area contributed by atoms with Crippen molar-refractivity contribution in [3.63, 3.8) is 0 Å². The Kier molecular flexibility index (Phi) is 7.90. The average molecular weight is 705 g/mol. The number of hydrazine groups is 1. The van der Waals surface area contributed by atoms with Crippen LogP contribution in [0.4, 0.5) is 28.8 Å². The van der Waals surface area contributed by atoms with E-state index in [1.807, 2.05) is 42.3 Å². The molecule has 262 valence electrons. The van der Waals surface area contributed by atoms with Crippen LogP contribution in [-0.2, 0) is 18.0 Å². The average Bonchev–Trinajstić information content (AvgIpc) is 3.96. The Morgan fingerprint density at radius 3 is 2.51 bits per heavy atom. The van der Waals surface area contributed by atoms with Gasteiger partial charge in [-0.05, 0) is 50.4 Å². The third kappa shape index (κ3) is 5.86. The molecule has 0 unspecified atom stereocenters. The second-order valence-electron chi connectivity index (χ2n) is 13.9. The Balaban J connectivity index is 1.10. The first kappa shape index (κ1) is 31.9. The van der Waals surface area contributed by atoms with Crippen molar-refractivity contribution < 1.29 is 9.30 Å². The predicted octanol–water partition coefficient (Wildman–Crippen LogP) is 5.10. The number of nitrogens with zero attached hydrogens (tertiary/aromatic N) is 9. The van der Waals surface area contributed by atoms with Gasteiger partial charge in [-0.15, -0.1) is 0 Å². The minimum Gasteiger partial charge on any atom is -0.491 e. The lowest BCUT2D eigenvalue weighted by Crippen LogP contribution is -2.53. The van der Waals surface area contributed by atoms with Gasteiger partial charge in [0.05, 0.1) is 46.1 Å². The molecule has 0 amide bonds. The third-order valence-corrected chi connectivity index (χ3v) is 11.6. The van der Waals surface area contributed by atoms with Crippen molar-refractivity contribution >= 4 is 63.3 Å². The van der Waals surface area contributed by atoms with E-state index in [1.165, 1.54) is 24.1 Å². The molecule has 0 bridgehead atoms. The smallest absolute Gasteiger partial charge is 0.231 e. The molecule has 51 heavy (non-hydrogen) atoms. The maximum Gasteiger partial charge on any atom is 0.231 e. The molecule has 2 saturated heterocycles. The minimum atomic E-state index is -2.78. The summed E-state index contributed by atoms with van der Waals surface area (Å²) in [7, 11) is -0.834. The van der Waals surface area contributed by atoms with Gasteiger partial charge in [-0.2, -0.15) is 15.1 Å². The lowest BCUT2D eigenvalue weighted by molar-refractivity contribution is -0.00758. The number of rotatable bonds is 8.